The van der Waals surface area contributed by atoms with E-state index in [1.54, 1.807) is 6.92 Å². The molecule has 0 N–H and O–H groups in total. The molecule has 2 aromatic rings. The second-order valence-electron chi connectivity index (χ2n) is 4.34. The van der Waals surface area contributed by atoms with Crippen molar-refractivity contribution in [1.29, 1.82) is 0 Å². The molecule has 0 aromatic heterocycles. The van der Waals surface area contributed by atoms with Crippen LogP contribution in [0.3, 0.4) is 0 Å². The van der Waals surface area contributed by atoms with Gasteiger partial charge in [0.25, 0.3) is 0 Å². The van der Waals surface area contributed by atoms with E-state index >= 15 is 0 Å². The van der Waals surface area contributed by atoms with Gasteiger partial charge in [-0.05, 0) is 34.9 Å². The van der Waals surface area contributed by atoms with Crippen LogP contribution in [-0.2, 0) is 4.79 Å². The lowest BCUT2D eigenvalue weighted by Crippen LogP contribution is -1.82. The van der Waals surface area contributed by atoms with Gasteiger partial charge in [-0.15, -0.1) is 0 Å². The second kappa shape index (κ2) is 7.32. The monoisotopic (exact) mass is 302 g/mol. The number of thioether (sulfide) groups is 1. The maximum absolute atomic E-state index is 10.8. The summed E-state index contributed by atoms with van der Waals surface area (Å²) in [5, 5.41) is 0.885. The Hall–Kier alpha value is -1.51. The Morgan fingerprint density at radius 1 is 1.15 bits per heavy atom. The van der Waals surface area contributed by atoms with Gasteiger partial charge in [-0.3, -0.25) is 4.79 Å². The fourth-order valence-electron chi connectivity index (χ4n) is 1.81. The van der Waals surface area contributed by atoms with Gasteiger partial charge in [-0.25, -0.2) is 0 Å². The zero-order valence-corrected chi connectivity index (χ0v) is 12.7. The van der Waals surface area contributed by atoms with Crippen LogP contribution in [0.25, 0.3) is 17.2 Å². The van der Waals surface area contributed by atoms with Crippen LogP contribution in [0.1, 0.15) is 12.5 Å². The van der Waals surface area contributed by atoms with E-state index in [-0.39, 0.29) is 5.12 Å². The number of hydrogen-bond acceptors (Lipinski definition) is 2. The average molecular weight is 303 g/mol. The van der Waals surface area contributed by atoms with Crippen LogP contribution in [0.4, 0.5) is 0 Å². The minimum Gasteiger partial charge on any atom is -0.288 e. The molecule has 0 bridgehead atoms. The highest BCUT2D eigenvalue weighted by Gasteiger charge is 1.98. The van der Waals surface area contributed by atoms with E-state index in [9.17, 15) is 4.79 Å². The average Bonchev–Trinajstić information content (AvgIpc) is 2.44. The van der Waals surface area contributed by atoms with Crippen molar-refractivity contribution in [2.24, 2.45) is 0 Å². The van der Waals surface area contributed by atoms with Crippen LogP contribution in [-0.4, -0.2) is 10.9 Å². The molecule has 0 aliphatic rings. The van der Waals surface area contributed by atoms with Gasteiger partial charge in [0.15, 0.2) is 5.12 Å². The van der Waals surface area contributed by atoms with Gasteiger partial charge in [0.05, 0.1) is 0 Å². The Balaban J connectivity index is 2.11. The van der Waals surface area contributed by atoms with Gasteiger partial charge in [-0.2, -0.15) is 0 Å². The fraction of sp³-hybridized carbons (Fsp3) is 0.118. The Labute approximate surface area is 128 Å². The van der Waals surface area contributed by atoms with Crippen LogP contribution in [0.15, 0.2) is 54.6 Å². The number of halogens is 1. The number of rotatable bonds is 4. The Kier molecular flexibility index (Phi) is 5.45. The molecule has 0 aliphatic carbocycles. The standard InChI is InChI=1S/C17H15ClOS/c1-13(19)20-11-3-5-14-4-2-6-16(12-14)15-7-9-17(18)10-8-15/h2-10,12H,11H2,1H3. The topological polar surface area (TPSA) is 17.1 Å². The third kappa shape index (κ3) is 4.55. The summed E-state index contributed by atoms with van der Waals surface area (Å²) in [6.45, 7) is 1.58. The molecular weight excluding hydrogens is 288 g/mol. The summed E-state index contributed by atoms with van der Waals surface area (Å²) in [5.41, 5.74) is 3.42. The summed E-state index contributed by atoms with van der Waals surface area (Å²) >= 11 is 7.21. The van der Waals surface area contributed by atoms with E-state index in [4.69, 9.17) is 11.6 Å². The van der Waals surface area contributed by atoms with Crippen molar-refractivity contribution in [1.82, 2.24) is 0 Å². The van der Waals surface area contributed by atoms with E-state index in [1.807, 2.05) is 48.6 Å². The van der Waals surface area contributed by atoms with Crippen LogP contribution in [0.5, 0.6) is 0 Å². The summed E-state index contributed by atoms with van der Waals surface area (Å²) in [6.07, 6.45) is 4.04. The third-order valence-corrected chi connectivity index (χ3v) is 3.77. The number of carbonyl (C=O) groups is 1. The molecule has 0 amide bonds. The number of hydrogen-bond donors (Lipinski definition) is 0. The minimum absolute atomic E-state index is 0.143. The zero-order chi connectivity index (χ0) is 14.4. The molecule has 0 radical (unpaired) electrons. The van der Waals surface area contributed by atoms with Crippen LogP contribution >= 0.6 is 23.4 Å². The molecule has 0 saturated heterocycles. The molecule has 0 fully saturated rings. The Bertz CT molecular complexity index is 617. The maximum Gasteiger partial charge on any atom is 0.186 e. The van der Waals surface area contributed by atoms with Gasteiger partial charge in [0, 0.05) is 17.7 Å². The number of carbonyl (C=O) groups excluding carboxylic acids is 1. The first-order valence-electron chi connectivity index (χ1n) is 6.31. The maximum atomic E-state index is 10.8. The first kappa shape index (κ1) is 14.9. The molecule has 20 heavy (non-hydrogen) atoms. The van der Waals surface area contributed by atoms with Gasteiger partial charge >= 0.3 is 0 Å². The molecule has 0 heterocycles. The largest absolute Gasteiger partial charge is 0.288 e. The molecule has 1 nitrogen and oxygen atoms in total. The molecule has 2 aromatic carbocycles. The molecular formula is C17H15ClOS. The highest BCUT2D eigenvalue weighted by Crippen LogP contribution is 2.23. The summed E-state index contributed by atoms with van der Waals surface area (Å²) < 4.78 is 0. The molecule has 2 rings (SSSR count). The van der Waals surface area contributed by atoms with E-state index < -0.39 is 0 Å². The van der Waals surface area contributed by atoms with Crippen molar-refractivity contribution in [2.45, 2.75) is 6.92 Å². The Morgan fingerprint density at radius 3 is 2.60 bits per heavy atom. The fourth-order valence-corrected chi connectivity index (χ4v) is 2.37. The first-order chi connectivity index (χ1) is 9.65. The van der Waals surface area contributed by atoms with Crippen LogP contribution in [0.2, 0.25) is 5.02 Å². The summed E-state index contributed by atoms with van der Waals surface area (Å²) in [7, 11) is 0. The third-order valence-electron chi connectivity index (χ3n) is 2.76. The van der Waals surface area contributed by atoms with Crippen LogP contribution < -0.4 is 0 Å². The van der Waals surface area contributed by atoms with E-state index in [1.165, 1.54) is 11.8 Å². The quantitative estimate of drug-likeness (QED) is 0.762. The van der Waals surface area contributed by atoms with Gasteiger partial charge in [0.1, 0.15) is 0 Å². The van der Waals surface area contributed by atoms with Crippen LogP contribution in [0, 0.1) is 0 Å². The van der Waals surface area contributed by atoms with Crippen molar-refractivity contribution in [3.63, 3.8) is 0 Å². The minimum atomic E-state index is 0.143. The zero-order valence-electron chi connectivity index (χ0n) is 11.2. The van der Waals surface area contributed by atoms with E-state index in [0.29, 0.717) is 5.75 Å². The second-order valence-corrected chi connectivity index (χ2v) is 5.97. The van der Waals surface area contributed by atoms with Gasteiger partial charge < -0.3 is 0 Å². The molecule has 102 valence electrons. The summed E-state index contributed by atoms with van der Waals surface area (Å²) in [6, 6.07) is 16.1. The first-order valence-corrected chi connectivity index (χ1v) is 7.67. The van der Waals surface area contributed by atoms with E-state index in [0.717, 1.165) is 21.7 Å². The molecule has 0 aliphatic heterocycles. The van der Waals surface area contributed by atoms with Gasteiger partial charge in [0.2, 0.25) is 0 Å². The Morgan fingerprint density at radius 2 is 1.90 bits per heavy atom. The van der Waals surface area contributed by atoms with Crippen molar-refractivity contribution in [3.8, 4) is 11.1 Å². The molecule has 0 atom stereocenters. The van der Waals surface area contributed by atoms with Crippen molar-refractivity contribution in [2.75, 3.05) is 5.75 Å². The van der Waals surface area contributed by atoms with Crippen molar-refractivity contribution in [3.05, 3.63) is 65.2 Å². The van der Waals surface area contributed by atoms with E-state index in [2.05, 4.69) is 12.1 Å². The molecule has 0 spiro atoms. The smallest absolute Gasteiger partial charge is 0.186 e. The molecule has 0 unspecified atom stereocenters. The summed E-state index contributed by atoms with van der Waals surface area (Å²) in [5.74, 6) is 0.709. The normalized spacial score (nSPS) is 10.9. The lowest BCUT2D eigenvalue weighted by atomic mass is 10.0. The van der Waals surface area contributed by atoms with Crippen molar-refractivity contribution >= 4 is 34.6 Å². The molecule has 0 saturated carbocycles. The predicted octanol–water partition coefficient (Wildman–Crippen LogP) is 5.30. The number of benzene rings is 2. The highest BCUT2D eigenvalue weighted by atomic mass is 35.5. The molecule has 3 heteroatoms. The summed E-state index contributed by atoms with van der Waals surface area (Å²) in [4.78, 5) is 10.8. The van der Waals surface area contributed by atoms with Gasteiger partial charge in [-0.1, -0.05) is 65.8 Å². The predicted molar refractivity (Wildman–Crippen MR) is 89.1 cm³/mol. The SMILES string of the molecule is CC(=O)SCC=Cc1cccc(-c2ccc(Cl)cc2)c1. The van der Waals surface area contributed by atoms with Crippen molar-refractivity contribution < 1.29 is 4.79 Å². The lowest BCUT2D eigenvalue weighted by molar-refractivity contribution is -0.109. The highest BCUT2D eigenvalue weighted by molar-refractivity contribution is 8.13. The lowest BCUT2D eigenvalue weighted by Gasteiger charge is -2.03.